The molecule has 0 amide bonds. The Kier molecular flexibility index (Phi) is 6.92. The Labute approximate surface area is 232 Å². The van der Waals surface area contributed by atoms with E-state index in [1.54, 1.807) is 0 Å². The first-order chi connectivity index (χ1) is 18.8. The molecule has 0 atom stereocenters. The summed E-state index contributed by atoms with van der Waals surface area (Å²) in [6, 6.07) is 13.7. The molecule has 4 heterocycles. The van der Waals surface area contributed by atoms with E-state index in [0.717, 1.165) is 30.9 Å². The Balaban J connectivity index is 1.35. The highest BCUT2D eigenvalue weighted by atomic mass is 16.5. The van der Waals surface area contributed by atoms with Crippen LogP contribution in [-0.2, 0) is 19.4 Å². The van der Waals surface area contributed by atoms with Crippen molar-refractivity contribution in [1.82, 2.24) is 14.9 Å². The standard InChI is InChI=1S/C32H43N5O2/c1-5-23-10-6-11-24-12-7-13-27(28(23)24)36-19-14-25-26(20-36)33-30(34-29(25)35(4)21-31(2,3)38)39-22-32-15-8-17-37(32)18-9-16-32/h6-7,10-13,38H,5,8-9,14-22H2,1-4H3. The van der Waals surface area contributed by atoms with Gasteiger partial charge in [-0.25, -0.2) is 0 Å². The molecule has 2 aromatic carbocycles. The van der Waals surface area contributed by atoms with Gasteiger partial charge in [0.1, 0.15) is 12.4 Å². The number of benzene rings is 2. The summed E-state index contributed by atoms with van der Waals surface area (Å²) in [5.41, 5.74) is 4.16. The van der Waals surface area contributed by atoms with E-state index in [1.807, 2.05) is 20.9 Å². The average Bonchev–Trinajstić information content (AvgIpc) is 3.50. The minimum absolute atomic E-state index is 0.143. The molecule has 0 bridgehead atoms. The fourth-order valence-electron chi connectivity index (χ4n) is 7.25. The van der Waals surface area contributed by atoms with Gasteiger partial charge in [0.25, 0.3) is 0 Å². The summed E-state index contributed by atoms with van der Waals surface area (Å²) in [4.78, 5) is 17.2. The van der Waals surface area contributed by atoms with Gasteiger partial charge in [0, 0.05) is 36.8 Å². The lowest BCUT2D eigenvalue weighted by Crippen LogP contribution is -2.43. The number of likely N-dealkylation sites (N-methyl/N-ethyl adjacent to an activating group) is 1. The van der Waals surface area contributed by atoms with Gasteiger partial charge in [0.15, 0.2) is 0 Å². The molecule has 1 N–H and O–H groups in total. The lowest BCUT2D eigenvalue weighted by molar-refractivity contribution is 0.0882. The summed E-state index contributed by atoms with van der Waals surface area (Å²) in [6.45, 7) is 11.0. The highest BCUT2D eigenvalue weighted by Crippen LogP contribution is 2.40. The minimum atomic E-state index is -0.832. The van der Waals surface area contributed by atoms with Crippen LogP contribution in [0.2, 0.25) is 0 Å². The molecule has 208 valence electrons. The van der Waals surface area contributed by atoms with Gasteiger partial charge < -0.3 is 19.6 Å². The Morgan fingerprint density at radius 3 is 2.51 bits per heavy atom. The highest BCUT2D eigenvalue weighted by Gasteiger charge is 2.45. The van der Waals surface area contributed by atoms with Gasteiger partial charge in [-0.15, -0.1) is 0 Å². The molecule has 39 heavy (non-hydrogen) atoms. The van der Waals surface area contributed by atoms with Gasteiger partial charge in [0.2, 0.25) is 0 Å². The van der Waals surface area contributed by atoms with Crippen molar-refractivity contribution in [2.45, 2.75) is 77.0 Å². The van der Waals surface area contributed by atoms with Crippen molar-refractivity contribution in [2.75, 3.05) is 49.6 Å². The van der Waals surface area contributed by atoms with E-state index in [2.05, 4.69) is 58.0 Å². The van der Waals surface area contributed by atoms with E-state index < -0.39 is 5.60 Å². The molecule has 0 aliphatic carbocycles. The zero-order valence-corrected chi connectivity index (χ0v) is 24.0. The summed E-state index contributed by atoms with van der Waals surface area (Å²) in [6.07, 6.45) is 6.73. The number of ether oxygens (including phenoxy) is 1. The summed E-state index contributed by atoms with van der Waals surface area (Å²) < 4.78 is 6.46. The molecule has 3 aliphatic heterocycles. The van der Waals surface area contributed by atoms with Crippen molar-refractivity contribution in [2.24, 2.45) is 0 Å². The third-order valence-electron chi connectivity index (χ3n) is 8.98. The van der Waals surface area contributed by atoms with Gasteiger partial charge in [0.05, 0.1) is 23.4 Å². The molecule has 0 radical (unpaired) electrons. The maximum Gasteiger partial charge on any atom is 0.318 e. The number of hydrogen-bond donors (Lipinski definition) is 1. The van der Waals surface area contributed by atoms with Crippen molar-refractivity contribution in [3.63, 3.8) is 0 Å². The summed E-state index contributed by atoms with van der Waals surface area (Å²) in [5.74, 6) is 0.885. The van der Waals surface area contributed by atoms with Crippen LogP contribution in [0.5, 0.6) is 6.01 Å². The van der Waals surface area contributed by atoms with Crippen molar-refractivity contribution in [3.05, 3.63) is 53.2 Å². The van der Waals surface area contributed by atoms with Crippen LogP contribution in [0.4, 0.5) is 11.5 Å². The molecule has 2 fully saturated rings. The predicted octanol–water partition coefficient (Wildman–Crippen LogP) is 4.97. The highest BCUT2D eigenvalue weighted by molar-refractivity contribution is 5.97. The third-order valence-corrected chi connectivity index (χ3v) is 8.98. The molecular weight excluding hydrogens is 486 g/mol. The van der Waals surface area contributed by atoms with E-state index in [4.69, 9.17) is 14.7 Å². The van der Waals surface area contributed by atoms with Gasteiger partial charge in [-0.3, -0.25) is 4.90 Å². The van der Waals surface area contributed by atoms with Gasteiger partial charge in [-0.2, -0.15) is 9.97 Å². The maximum absolute atomic E-state index is 10.6. The van der Waals surface area contributed by atoms with Crippen LogP contribution in [0.3, 0.4) is 0 Å². The Bertz CT molecular complexity index is 1340. The number of aliphatic hydroxyl groups is 1. The van der Waals surface area contributed by atoms with Crippen LogP contribution in [-0.4, -0.2) is 70.9 Å². The van der Waals surface area contributed by atoms with Crippen LogP contribution in [0, 0.1) is 0 Å². The van der Waals surface area contributed by atoms with E-state index >= 15 is 0 Å². The average molecular weight is 530 g/mol. The number of fused-ring (bicyclic) bond motifs is 3. The number of aromatic nitrogens is 2. The van der Waals surface area contributed by atoms with Gasteiger partial charge in [-0.05, 0) is 82.5 Å². The SMILES string of the molecule is CCc1cccc2cccc(N3CCc4c(nc(OCC56CCCN5CCC6)nc4N(C)CC(C)(C)O)C3)c12. The van der Waals surface area contributed by atoms with Crippen molar-refractivity contribution >= 4 is 22.3 Å². The minimum Gasteiger partial charge on any atom is -0.461 e. The monoisotopic (exact) mass is 529 g/mol. The molecule has 7 nitrogen and oxygen atoms in total. The molecule has 7 heteroatoms. The molecule has 3 aliphatic rings. The van der Waals surface area contributed by atoms with Crippen LogP contribution in [0.15, 0.2) is 36.4 Å². The number of hydrogen-bond acceptors (Lipinski definition) is 7. The molecule has 6 rings (SSSR count). The zero-order chi connectivity index (χ0) is 27.2. The largest absolute Gasteiger partial charge is 0.461 e. The maximum atomic E-state index is 10.6. The molecule has 2 saturated heterocycles. The van der Waals surface area contributed by atoms with E-state index in [-0.39, 0.29) is 5.54 Å². The van der Waals surface area contributed by atoms with E-state index in [1.165, 1.54) is 66.4 Å². The summed E-state index contributed by atoms with van der Waals surface area (Å²) >= 11 is 0. The lowest BCUT2D eigenvalue weighted by atomic mass is 9.95. The summed E-state index contributed by atoms with van der Waals surface area (Å²) in [7, 11) is 2.02. The van der Waals surface area contributed by atoms with Crippen molar-refractivity contribution < 1.29 is 9.84 Å². The van der Waals surface area contributed by atoms with E-state index in [0.29, 0.717) is 25.7 Å². The second kappa shape index (κ2) is 10.3. The molecule has 0 spiro atoms. The second-order valence-electron chi connectivity index (χ2n) is 12.4. The van der Waals surface area contributed by atoms with Crippen LogP contribution < -0.4 is 14.5 Å². The number of aryl methyl sites for hydroxylation is 1. The predicted molar refractivity (Wildman–Crippen MR) is 158 cm³/mol. The topological polar surface area (TPSA) is 65.0 Å². The number of rotatable bonds is 8. The lowest BCUT2D eigenvalue weighted by Gasteiger charge is -2.35. The molecule has 3 aromatic rings. The molecule has 0 unspecified atom stereocenters. The first kappa shape index (κ1) is 26.3. The molecule has 0 saturated carbocycles. The normalized spacial score (nSPS) is 18.8. The Hall–Kier alpha value is -2.90. The molecular formula is C32H43N5O2. The van der Waals surface area contributed by atoms with Crippen LogP contribution >= 0.6 is 0 Å². The van der Waals surface area contributed by atoms with Crippen molar-refractivity contribution in [1.29, 1.82) is 0 Å². The van der Waals surface area contributed by atoms with Gasteiger partial charge in [-0.1, -0.05) is 37.3 Å². The fourth-order valence-corrected chi connectivity index (χ4v) is 7.25. The second-order valence-corrected chi connectivity index (χ2v) is 12.4. The summed E-state index contributed by atoms with van der Waals surface area (Å²) in [5, 5.41) is 13.2. The number of nitrogens with zero attached hydrogens (tertiary/aromatic N) is 5. The Morgan fingerprint density at radius 1 is 1.05 bits per heavy atom. The van der Waals surface area contributed by atoms with Gasteiger partial charge >= 0.3 is 6.01 Å². The van der Waals surface area contributed by atoms with Crippen LogP contribution in [0.1, 0.15) is 63.3 Å². The number of anilines is 2. The van der Waals surface area contributed by atoms with Crippen molar-refractivity contribution in [3.8, 4) is 6.01 Å². The van der Waals surface area contributed by atoms with Crippen LogP contribution in [0.25, 0.3) is 10.8 Å². The zero-order valence-electron chi connectivity index (χ0n) is 24.0. The first-order valence-corrected chi connectivity index (χ1v) is 14.7. The van der Waals surface area contributed by atoms with E-state index in [9.17, 15) is 5.11 Å². The smallest absolute Gasteiger partial charge is 0.318 e. The third kappa shape index (κ3) is 5.07. The Morgan fingerprint density at radius 2 is 1.79 bits per heavy atom. The first-order valence-electron chi connectivity index (χ1n) is 14.7. The fraction of sp³-hybridized carbons (Fsp3) is 0.562. The molecule has 1 aromatic heterocycles. The quantitative estimate of drug-likeness (QED) is 0.442.